The van der Waals surface area contributed by atoms with Crippen molar-refractivity contribution in [2.24, 2.45) is 0 Å². The van der Waals surface area contributed by atoms with Crippen LogP contribution in [0.2, 0.25) is 0 Å². The summed E-state index contributed by atoms with van der Waals surface area (Å²) >= 11 is 0. The molecule has 0 spiro atoms. The summed E-state index contributed by atoms with van der Waals surface area (Å²) in [6.07, 6.45) is 0. The second-order valence-electron chi connectivity index (χ2n) is 5.58. The Labute approximate surface area is 119 Å². The van der Waals surface area contributed by atoms with Gasteiger partial charge >= 0.3 is 0 Å². The SMILES string of the molecule is c1ccc([P+]23c4ccccc4C2c2ccccc23)cc1. The largest absolute Gasteiger partial charge is 0.141 e. The lowest BCUT2D eigenvalue weighted by atomic mass is 10.0. The van der Waals surface area contributed by atoms with Gasteiger partial charge in [0.05, 0.1) is 0 Å². The third-order valence-electron chi connectivity index (χ3n) is 4.77. The fourth-order valence-corrected chi connectivity index (χ4v) is 9.09. The van der Waals surface area contributed by atoms with Crippen molar-refractivity contribution < 1.29 is 0 Å². The summed E-state index contributed by atoms with van der Waals surface area (Å²) in [5.74, 6) is 0. The van der Waals surface area contributed by atoms with Crippen molar-refractivity contribution in [2.75, 3.05) is 0 Å². The molecular weight excluding hydrogens is 259 g/mol. The first-order valence-electron chi connectivity index (χ1n) is 7.07. The van der Waals surface area contributed by atoms with Gasteiger partial charge in [0.2, 0.25) is 0 Å². The molecule has 0 aromatic heterocycles. The number of benzene rings is 3. The lowest BCUT2D eigenvalue weighted by Crippen LogP contribution is -2.54. The normalized spacial score (nSPS) is 24.7. The predicted molar refractivity (Wildman–Crippen MR) is 87.0 cm³/mol. The summed E-state index contributed by atoms with van der Waals surface area (Å²) in [5.41, 5.74) is 3.78. The van der Waals surface area contributed by atoms with E-state index in [9.17, 15) is 0 Å². The molecule has 2 aliphatic heterocycles. The third kappa shape index (κ3) is 1.01. The lowest BCUT2D eigenvalue weighted by Gasteiger charge is -2.51. The van der Waals surface area contributed by atoms with Crippen LogP contribution in [0.4, 0.5) is 0 Å². The van der Waals surface area contributed by atoms with Crippen LogP contribution in [0.1, 0.15) is 16.8 Å². The van der Waals surface area contributed by atoms with Crippen molar-refractivity contribution >= 4 is 23.2 Å². The van der Waals surface area contributed by atoms with E-state index in [4.69, 9.17) is 0 Å². The molecule has 0 nitrogen and oxygen atoms in total. The fourth-order valence-electron chi connectivity index (χ4n) is 4.03. The minimum absolute atomic E-state index is 0.664. The standard InChI is InChI=1S/C19H14P/c1-2-8-14(9-3-1)20-17-12-6-4-10-15(17)19(20)16-11-5-7-13-18(16)20/h1-13,19H/q+1. The Balaban J connectivity index is 1.86. The Hall–Kier alpha value is -1.91. The number of hydrogen-bond donors (Lipinski definition) is 0. The molecule has 0 amide bonds. The summed E-state index contributed by atoms with van der Waals surface area (Å²) < 4.78 is 0. The van der Waals surface area contributed by atoms with Gasteiger partial charge in [0.25, 0.3) is 0 Å². The van der Waals surface area contributed by atoms with Crippen LogP contribution in [0, 0.1) is 0 Å². The minimum atomic E-state index is -1.29. The molecule has 1 heteroatoms. The smallest absolute Gasteiger partial charge is 0.0620 e. The molecule has 0 unspecified atom stereocenters. The van der Waals surface area contributed by atoms with Gasteiger partial charge in [0.1, 0.15) is 28.8 Å². The van der Waals surface area contributed by atoms with Crippen molar-refractivity contribution in [3.8, 4) is 0 Å². The molecule has 5 rings (SSSR count). The molecule has 3 aromatic rings. The third-order valence-corrected chi connectivity index (χ3v) is 9.55. The molecule has 0 N–H and O–H groups in total. The molecule has 0 fully saturated rings. The molecular formula is C19H14P+. The highest BCUT2D eigenvalue weighted by molar-refractivity contribution is 7.99. The molecule has 0 saturated heterocycles. The number of rotatable bonds is 1. The minimum Gasteiger partial charge on any atom is -0.0620 e. The van der Waals surface area contributed by atoms with Crippen molar-refractivity contribution in [3.63, 3.8) is 0 Å². The van der Waals surface area contributed by atoms with E-state index < -0.39 is 7.26 Å². The summed E-state index contributed by atoms with van der Waals surface area (Å²) in [4.78, 5) is 0. The van der Waals surface area contributed by atoms with Crippen LogP contribution in [0.5, 0.6) is 0 Å². The van der Waals surface area contributed by atoms with Crippen LogP contribution in [0.3, 0.4) is 0 Å². The second-order valence-corrected chi connectivity index (χ2v) is 9.02. The molecule has 20 heavy (non-hydrogen) atoms. The first kappa shape index (κ1) is 10.8. The summed E-state index contributed by atoms with van der Waals surface area (Å²) in [6, 6.07) is 29.2. The Morgan fingerprint density at radius 2 is 1.05 bits per heavy atom. The quantitative estimate of drug-likeness (QED) is 0.596. The molecule has 2 aliphatic rings. The zero-order valence-electron chi connectivity index (χ0n) is 11.0. The fraction of sp³-hybridized carbons (Fsp3) is 0.0526. The van der Waals surface area contributed by atoms with Crippen LogP contribution in [-0.2, 0) is 0 Å². The molecule has 94 valence electrons. The van der Waals surface area contributed by atoms with Crippen LogP contribution in [0.25, 0.3) is 0 Å². The van der Waals surface area contributed by atoms with Crippen molar-refractivity contribution in [2.45, 2.75) is 5.66 Å². The highest BCUT2D eigenvalue weighted by Crippen LogP contribution is 2.82. The van der Waals surface area contributed by atoms with Crippen LogP contribution in [-0.4, -0.2) is 0 Å². The molecule has 0 radical (unpaired) electrons. The summed E-state index contributed by atoms with van der Waals surface area (Å²) in [7, 11) is -1.29. The van der Waals surface area contributed by atoms with Crippen LogP contribution < -0.4 is 15.9 Å². The van der Waals surface area contributed by atoms with Crippen molar-refractivity contribution in [1.29, 1.82) is 0 Å². The number of hydrogen-bond acceptors (Lipinski definition) is 0. The highest BCUT2D eigenvalue weighted by atomic mass is 31.2. The predicted octanol–water partition coefficient (Wildman–Crippen LogP) is 3.40. The maximum Gasteiger partial charge on any atom is 0.141 e. The van der Waals surface area contributed by atoms with E-state index in [1.165, 1.54) is 0 Å². The van der Waals surface area contributed by atoms with E-state index in [1.807, 2.05) is 0 Å². The van der Waals surface area contributed by atoms with E-state index in [2.05, 4.69) is 78.9 Å². The Bertz CT molecular complexity index is 772. The molecule has 0 bridgehead atoms. The molecule has 0 aliphatic carbocycles. The van der Waals surface area contributed by atoms with Crippen molar-refractivity contribution in [1.82, 2.24) is 0 Å². The Kier molecular flexibility index (Phi) is 1.95. The van der Waals surface area contributed by atoms with Gasteiger partial charge in [-0.05, 0) is 24.3 Å². The van der Waals surface area contributed by atoms with Gasteiger partial charge in [-0.25, -0.2) is 0 Å². The van der Waals surface area contributed by atoms with Crippen molar-refractivity contribution in [3.05, 3.63) is 90.0 Å². The van der Waals surface area contributed by atoms with Gasteiger partial charge < -0.3 is 0 Å². The van der Waals surface area contributed by atoms with E-state index >= 15 is 0 Å². The molecule has 0 atom stereocenters. The maximum absolute atomic E-state index is 2.35. The Morgan fingerprint density at radius 3 is 1.65 bits per heavy atom. The first-order chi connectivity index (χ1) is 9.94. The average Bonchev–Trinajstić information content (AvgIpc) is 2.49. The molecule has 0 saturated carbocycles. The Morgan fingerprint density at radius 1 is 0.550 bits per heavy atom. The van der Waals surface area contributed by atoms with Gasteiger partial charge in [-0.2, -0.15) is 0 Å². The lowest BCUT2D eigenvalue weighted by molar-refractivity contribution is 1.08. The average molecular weight is 273 g/mol. The van der Waals surface area contributed by atoms with Gasteiger partial charge in [-0.15, -0.1) is 0 Å². The van der Waals surface area contributed by atoms with Crippen LogP contribution >= 0.6 is 7.26 Å². The van der Waals surface area contributed by atoms with E-state index in [1.54, 1.807) is 27.0 Å². The topological polar surface area (TPSA) is 0 Å². The molecule has 2 heterocycles. The summed E-state index contributed by atoms with van der Waals surface area (Å²) in [5, 5.41) is 4.76. The number of fused-ring (bicyclic) bond motifs is 7. The van der Waals surface area contributed by atoms with Gasteiger partial charge in [0.15, 0.2) is 0 Å². The highest BCUT2D eigenvalue weighted by Gasteiger charge is 2.71. The van der Waals surface area contributed by atoms with E-state index in [-0.39, 0.29) is 0 Å². The van der Waals surface area contributed by atoms with E-state index in [0.29, 0.717) is 5.66 Å². The second kappa shape index (κ2) is 3.59. The van der Waals surface area contributed by atoms with Gasteiger partial charge in [-0.1, -0.05) is 54.6 Å². The van der Waals surface area contributed by atoms with Crippen LogP contribution in [0.15, 0.2) is 78.9 Å². The first-order valence-corrected chi connectivity index (χ1v) is 8.93. The monoisotopic (exact) mass is 273 g/mol. The van der Waals surface area contributed by atoms with Gasteiger partial charge in [-0.3, -0.25) is 0 Å². The zero-order valence-corrected chi connectivity index (χ0v) is 11.9. The summed E-state index contributed by atoms with van der Waals surface area (Å²) in [6.45, 7) is 0. The van der Waals surface area contributed by atoms with E-state index in [0.717, 1.165) is 0 Å². The molecule has 3 aromatic carbocycles. The maximum atomic E-state index is 2.35. The zero-order chi connectivity index (χ0) is 13.2. The van der Waals surface area contributed by atoms with Gasteiger partial charge in [0, 0.05) is 11.1 Å².